The van der Waals surface area contributed by atoms with E-state index in [-0.39, 0.29) is 6.54 Å². The van der Waals surface area contributed by atoms with Crippen molar-refractivity contribution in [1.82, 2.24) is 14.9 Å². The monoisotopic (exact) mass is 306 g/mol. The number of carbonyl (C=O) groups is 1. The molecule has 1 saturated carbocycles. The fourth-order valence-electron chi connectivity index (χ4n) is 3.72. The molecule has 7 heteroatoms. The summed E-state index contributed by atoms with van der Waals surface area (Å²) >= 11 is 0. The highest BCUT2D eigenvalue weighted by molar-refractivity contribution is 5.71. The maximum absolute atomic E-state index is 10.5. The van der Waals surface area contributed by atoms with Gasteiger partial charge in [-0.05, 0) is 24.7 Å². The van der Waals surface area contributed by atoms with Crippen LogP contribution in [0.4, 0.5) is 5.95 Å². The average Bonchev–Trinajstić information content (AvgIpc) is 2.76. The van der Waals surface area contributed by atoms with Crippen molar-refractivity contribution in [3.63, 3.8) is 0 Å². The van der Waals surface area contributed by atoms with Crippen molar-refractivity contribution in [1.29, 1.82) is 0 Å². The Labute approximate surface area is 129 Å². The van der Waals surface area contributed by atoms with E-state index in [0.717, 1.165) is 25.2 Å². The summed E-state index contributed by atoms with van der Waals surface area (Å²) < 4.78 is 5.63. The number of aliphatic carboxylic acids is 1. The maximum atomic E-state index is 10.5. The molecule has 1 aromatic heterocycles. The third-order valence-electron chi connectivity index (χ3n) is 4.60. The summed E-state index contributed by atoms with van der Waals surface area (Å²) in [6.07, 6.45) is 6.47. The van der Waals surface area contributed by atoms with Crippen molar-refractivity contribution in [3.8, 4) is 0 Å². The number of aromatic nitrogens is 2. The van der Waals surface area contributed by atoms with Gasteiger partial charge in [0, 0.05) is 44.7 Å². The zero-order valence-corrected chi connectivity index (χ0v) is 12.7. The van der Waals surface area contributed by atoms with Crippen molar-refractivity contribution in [2.24, 2.45) is 11.8 Å². The highest BCUT2D eigenvalue weighted by atomic mass is 16.5. The van der Waals surface area contributed by atoms with Gasteiger partial charge in [-0.3, -0.25) is 9.69 Å². The van der Waals surface area contributed by atoms with E-state index in [1.54, 1.807) is 12.4 Å². The van der Waals surface area contributed by atoms with Crippen LogP contribution >= 0.6 is 0 Å². The molecule has 2 fully saturated rings. The number of carboxylic acid groups (broad SMARTS) is 1. The molecule has 1 unspecified atom stereocenters. The largest absolute Gasteiger partial charge is 0.480 e. The van der Waals surface area contributed by atoms with Gasteiger partial charge in [0.15, 0.2) is 0 Å². The SMILES string of the molecule is COC1[C@@H]2CC[C@H]1CN(Cc1cnc(NCC(=O)O)nc1)C2. The molecule has 2 N–H and O–H groups in total. The number of hydrogen-bond acceptors (Lipinski definition) is 6. The minimum Gasteiger partial charge on any atom is -0.480 e. The maximum Gasteiger partial charge on any atom is 0.322 e. The molecular weight excluding hydrogens is 284 g/mol. The zero-order chi connectivity index (χ0) is 15.5. The number of rotatable bonds is 6. The molecular formula is C15H22N4O3. The van der Waals surface area contributed by atoms with Crippen LogP contribution in [0.1, 0.15) is 18.4 Å². The summed E-state index contributed by atoms with van der Waals surface area (Å²) in [5.74, 6) is 0.704. The van der Waals surface area contributed by atoms with E-state index >= 15 is 0 Å². The second-order valence-corrected chi connectivity index (χ2v) is 6.15. The lowest BCUT2D eigenvalue weighted by Gasteiger charge is -2.37. The van der Waals surface area contributed by atoms with Crippen LogP contribution in [0.3, 0.4) is 0 Å². The average molecular weight is 306 g/mol. The van der Waals surface area contributed by atoms with E-state index in [2.05, 4.69) is 20.2 Å². The molecule has 0 radical (unpaired) electrons. The summed E-state index contributed by atoms with van der Waals surface area (Å²) in [4.78, 5) is 21.3. The molecule has 1 aliphatic heterocycles. The second kappa shape index (κ2) is 6.58. The molecule has 2 bridgehead atoms. The van der Waals surface area contributed by atoms with E-state index in [0.29, 0.717) is 23.9 Å². The number of nitrogens with zero attached hydrogens (tertiary/aromatic N) is 3. The third-order valence-corrected chi connectivity index (χ3v) is 4.60. The number of anilines is 1. The molecule has 1 saturated heterocycles. The van der Waals surface area contributed by atoms with Crippen molar-refractivity contribution < 1.29 is 14.6 Å². The number of piperidine rings is 1. The Bertz CT molecular complexity index is 508. The van der Waals surface area contributed by atoms with Gasteiger partial charge >= 0.3 is 5.97 Å². The first-order valence-corrected chi connectivity index (χ1v) is 7.67. The molecule has 0 amide bonds. The van der Waals surface area contributed by atoms with Gasteiger partial charge in [0.2, 0.25) is 5.95 Å². The van der Waals surface area contributed by atoms with Crippen LogP contribution in [0, 0.1) is 11.8 Å². The topological polar surface area (TPSA) is 87.6 Å². The Hall–Kier alpha value is -1.73. The van der Waals surface area contributed by atoms with Gasteiger partial charge in [-0.1, -0.05) is 0 Å². The minimum atomic E-state index is -0.927. The number of hydrogen-bond donors (Lipinski definition) is 2. The smallest absolute Gasteiger partial charge is 0.322 e. The van der Waals surface area contributed by atoms with Gasteiger partial charge in [-0.2, -0.15) is 0 Å². The van der Waals surface area contributed by atoms with Crippen LogP contribution in [0.5, 0.6) is 0 Å². The highest BCUT2D eigenvalue weighted by Crippen LogP contribution is 2.38. The third kappa shape index (κ3) is 3.36. The Morgan fingerprint density at radius 2 is 2.00 bits per heavy atom. The van der Waals surface area contributed by atoms with Gasteiger partial charge in [0.1, 0.15) is 6.54 Å². The number of carboxylic acids is 1. The Balaban J connectivity index is 1.54. The molecule has 3 atom stereocenters. The van der Waals surface area contributed by atoms with E-state index in [4.69, 9.17) is 9.84 Å². The molecule has 0 aromatic carbocycles. The van der Waals surface area contributed by atoms with Crippen molar-refractivity contribution in [3.05, 3.63) is 18.0 Å². The lowest BCUT2D eigenvalue weighted by Crippen LogP contribution is -2.45. The molecule has 1 aliphatic carbocycles. The quantitative estimate of drug-likeness (QED) is 0.805. The number of fused-ring (bicyclic) bond motifs is 2. The van der Waals surface area contributed by atoms with E-state index in [1.165, 1.54) is 12.8 Å². The van der Waals surface area contributed by atoms with Gasteiger partial charge < -0.3 is 15.2 Å². The first kappa shape index (κ1) is 15.2. The van der Waals surface area contributed by atoms with E-state index in [1.807, 2.05) is 7.11 Å². The van der Waals surface area contributed by atoms with Crippen molar-refractivity contribution in [2.45, 2.75) is 25.5 Å². The molecule has 3 rings (SSSR count). The van der Waals surface area contributed by atoms with Crippen molar-refractivity contribution in [2.75, 3.05) is 32.1 Å². The minimum absolute atomic E-state index is 0.173. The van der Waals surface area contributed by atoms with Crippen LogP contribution in [0.15, 0.2) is 12.4 Å². The summed E-state index contributed by atoms with van der Waals surface area (Å²) in [6.45, 7) is 2.79. The van der Waals surface area contributed by atoms with Crippen LogP contribution in [-0.2, 0) is 16.1 Å². The Kier molecular flexibility index (Phi) is 4.54. The van der Waals surface area contributed by atoms with Crippen LogP contribution < -0.4 is 5.32 Å². The zero-order valence-electron chi connectivity index (χ0n) is 12.7. The first-order valence-electron chi connectivity index (χ1n) is 7.67. The molecule has 0 spiro atoms. The molecule has 7 nitrogen and oxygen atoms in total. The standard InChI is InChI=1S/C15H22N4O3/c1-22-14-11-2-3-12(14)9-19(8-11)7-10-4-16-15(17-5-10)18-6-13(20)21/h4-5,11-12,14H,2-3,6-9H2,1H3,(H,20,21)(H,16,17,18)/t11-,12+,14?. The number of nitrogens with one attached hydrogen (secondary N) is 1. The Morgan fingerprint density at radius 1 is 1.36 bits per heavy atom. The molecule has 22 heavy (non-hydrogen) atoms. The van der Waals surface area contributed by atoms with Crippen LogP contribution in [0.2, 0.25) is 0 Å². The second-order valence-electron chi connectivity index (χ2n) is 6.15. The molecule has 2 aliphatic rings. The van der Waals surface area contributed by atoms with Crippen LogP contribution in [0.25, 0.3) is 0 Å². The first-order chi connectivity index (χ1) is 10.7. The lowest BCUT2D eigenvalue weighted by molar-refractivity contribution is -0.134. The van der Waals surface area contributed by atoms with Gasteiger partial charge in [0.05, 0.1) is 6.10 Å². The summed E-state index contributed by atoms with van der Waals surface area (Å²) in [5, 5.41) is 11.3. The fourth-order valence-corrected chi connectivity index (χ4v) is 3.72. The molecule has 2 heterocycles. The molecule has 120 valence electrons. The lowest BCUT2D eigenvalue weighted by atomic mass is 9.94. The normalized spacial score (nSPS) is 27.8. The summed E-state index contributed by atoms with van der Waals surface area (Å²) in [7, 11) is 1.82. The molecule has 1 aromatic rings. The fraction of sp³-hybridized carbons (Fsp3) is 0.667. The number of methoxy groups -OCH3 is 1. The highest BCUT2D eigenvalue weighted by Gasteiger charge is 2.41. The predicted octanol–water partition coefficient (Wildman–Crippen LogP) is 0.830. The van der Waals surface area contributed by atoms with Crippen LogP contribution in [-0.4, -0.2) is 58.8 Å². The number of ether oxygens (including phenoxy) is 1. The predicted molar refractivity (Wildman–Crippen MR) is 80.4 cm³/mol. The Morgan fingerprint density at radius 3 is 2.55 bits per heavy atom. The van der Waals surface area contributed by atoms with Gasteiger partial charge in [-0.25, -0.2) is 9.97 Å². The van der Waals surface area contributed by atoms with E-state index in [9.17, 15) is 4.79 Å². The number of likely N-dealkylation sites (tertiary alicyclic amines) is 1. The van der Waals surface area contributed by atoms with Gasteiger partial charge in [0.25, 0.3) is 0 Å². The van der Waals surface area contributed by atoms with Crippen molar-refractivity contribution >= 4 is 11.9 Å². The van der Waals surface area contributed by atoms with E-state index < -0.39 is 5.97 Å². The summed E-state index contributed by atoms with van der Waals surface area (Å²) in [5.41, 5.74) is 1.05. The van der Waals surface area contributed by atoms with Gasteiger partial charge in [-0.15, -0.1) is 0 Å². The summed E-state index contributed by atoms with van der Waals surface area (Å²) in [6, 6.07) is 0.